The number of halogens is 1. The minimum absolute atomic E-state index is 0. The third-order valence-corrected chi connectivity index (χ3v) is 9.97. The maximum Gasteiger partial charge on any atom is 0.150 e. The summed E-state index contributed by atoms with van der Waals surface area (Å²) in [4.78, 5) is 0. The fourth-order valence-corrected chi connectivity index (χ4v) is 8.38. The molecule has 0 saturated carbocycles. The maximum absolute atomic E-state index is 4.14. The quantitative estimate of drug-likeness (QED) is 0.273. The SMILES string of the molecule is Cn1nnnc1CCCC[P+](c1ccccc1)(c1ccccc1)c1ccccc1.[Br-]. The lowest BCUT2D eigenvalue weighted by Crippen LogP contribution is -3.00. The number of rotatable bonds is 8. The van der Waals surface area contributed by atoms with Gasteiger partial charge in [-0.05, 0) is 59.7 Å². The molecule has 0 aliphatic heterocycles. The first kappa shape index (κ1) is 22.3. The normalized spacial score (nSPS) is 11.1. The second kappa shape index (κ2) is 10.6. The number of unbranched alkanes of at least 4 members (excludes halogenated alkanes) is 1. The van der Waals surface area contributed by atoms with Crippen molar-refractivity contribution in [2.75, 3.05) is 6.16 Å². The van der Waals surface area contributed by atoms with Gasteiger partial charge < -0.3 is 17.0 Å². The highest BCUT2D eigenvalue weighted by molar-refractivity contribution is 7.95. The van der Waals surface area contributed by atoms with E-state index in [4.69, 9.17) is 0 Å². The minimum atomic E-state index is -1.73. The molecule has 3 aromatic carbocycles. The number of tetrazole rings is 1. The summed E-state index contributed by atoms with van der Waals surface area (Å²) >= 11 is 0. The molecular weight excluding hydrogens is 455 g/mol. The van der Waals surface area contributed by atoms with Gasteiger partial charge >= 0.3 is 0 Å². The van der Waals surface area contributed by atoms with Gasteiger partial charge in [-0.3, -0.25) is 0 Å². The molecule has 154 valence electrons. The fraction of sp³-hybridized carbons (Fsp3) is 0.208. The van der Waals surface area contributed by atoms with Gasteiger partial charge in [0.2, 0.25) is 0 Å². The molecule has 0 bridgehead atoms. The first-order chi connectivity index (χ1) is 14.3. The van der Waals surface area contributed by atoms with E-state index in [0.29, 0.717) is 0 Å². The molecule has 0 atom stereocenters. The summed E-state index contributed by atoms with van der Waals surface area (Å²) in [6, 6.07) is 33.2. The van der Waals surface area contributed by atoms with Crippen LogP contribution in [-0.4, -0.2) is 26.4 Å². The van der Waals surface area contributed by atoms with Gasteiger partial charge in [0.1, 0.15) is 23.2 Å². The van der Waals surface area contributed by atoms with Crippen molar-refractivity contribution in [2.24, 2.45) is 7.05 Å². The Kier molecular flexibility index (Phi) is 7.89. The van der Waals surface area contributed by atoms with E-state index in [1.165, 1.54) is 15.9 Å². The van der Waals surface area contributed by atoms with E-state index < -0.39 is 7.26 Å². The zero-order valence-electron chi connectivity index (χ0n) is 17.1. The first-order valence-corrected chi connectivity index (χ1v) is 12.0. The Balaban J connectivity index is 0.00000256. The predicted octanol–water partition coefficient (Wildman–Crippen LogP) is 0.531. The lowest BCUT2D eigenvalue weighted by molar-refractivity contribution is -0.00000596. The average Bonchev–Trinajstić information content (AvgIpc) is 3.20. The highest BCUT2D eigenvalue weighted by atomic mass is 79.9. The zero-order chi connectivity index (χ0) is 19.9. The third kappa shape index (κ3) is 4.69. The summed E-state index contributed by atoms with van der Waals surface area (Å²) in [6.45, 7) is 0. The Morgan fingerprint density at radius 1 is 0.700 bits per heavy atom. The van der Waals surface area contributed by atoms with E-state index in [-0.39, 0.29) is 17.0 Å². The molecular formula is C24H26BrN4P. The smallest absolute Gasteiger partial charge is 0.150 e. The third-order valence-electron chi connectivity index (χ3n) is 5.44. The van der Waals surface area contributed by atoms with Crippen molar-refractivity contribution < 1.29 is 17.0 Å². The lowest BCUT2D eigenvalue weighted by atomic mass is 10.2. The monoisotopic (exact) mass is 480 g/mol. The molecule has 0 fully saturated rings. The van der Waals surface area contributed by atoms with E-state index in [2.05, 4.69) is 107 Å². The molecule has 1 aromatic heterocycles. The zero-order valence-corrected chi connectivity index (χ0v) is 19.6. The molecule has 1 heterocycles. The van der Waals surface area contributed by atoms with Crippen LogP contribution in [0.2, 0.25) is 0 Å². The van der Waals surface area contributed by atoms with Crippen molar-refractivity contribution in [3.05, 3.63) is 96.8 Å². The van der Waals surface area contributed by atoms with E-state index in [1.54, 1.807) is 4.68 Å². The molecule has 4 aromatic rings. The standard InChI is InChI=1S/C24H26N4P.BrH/c1-28-24(25-26-27-28)19-11-12-20-29(21-13-5-2-6-14-21,22-15-7-3-8-16-22)23-17-9-4-10-18-23;/h2-10,13-18H,11-12,19-20H2,1H3;1H/q+1;/p-1. The van der Waals surface area contributed by atoms with Gasteiger partial charge in [0.05, 0.1) is 6.16 Å². The van der Waals surface area contributed by atoms with Crippen molar-refractivity contribution in [3.63, 3.8) is 0 Å². The molecule has 0 amide bonds. The van der Waals surface area contributed by atoms with Gasteiger partial charge in [-0.2, -0.15) is 0 Å². The van der Waals surface area contributed by atoms with Crippen LogP contribution >= 0.6 is 7.26 Å². The van der Waals surface area contributed by atoms with Crippen LogP contribution in [0, 0.1) is 0 Å². The molecule has 4 nitrogen and oxygen atoms in total. The van der Waals surface area contributed by atoms with Gasteiger partial charge in [-0.15, -0.1) is 5.10 Å². The Hall–Kier alpha value is -2.36. The molecule has 4 rings (SSSR count). The van der Waals surface area contributed by atoms with Gasteiger partial charge in [0, 0.05) is 13.5 Å². The Morgan fingerprint density at radius 3 is 1.57 bits per heavy atom. The topological polar surface area (TPSA) is 43.6 Å². The first-order valence-electron chi connectivity index (χ1n) is 10.1. The van der Waals surface area contributed by atoms with Crippen LogP contribution in [0.5, 0.6) is 0 Å². The van der Waals surface area contributed by atoms with E-state index in [9.17, 15) is 0 Å². The molecule has 0 spiro atoms. The fourth-order valence-electron chi connectivity index (χ4n) is 3.97. The molecule has 6 heteroatoms. The minimum Gasteiger partial charge on any atom is -1.00 e. The van der Waals surface area contributed by atoms with Gasteiger partial charge in [0.25, 0.3) is 0 Å². The summed E-state index contributed by atoms with van der Waals surface area (Å²) in [5, 5.41) is 16.2. The number of hydrogen-bond acceptors (Lipinski definition) is 3. The van der Waals surface area contributed by atoms with Crippen LogP contribution in [0.25, 0.3) is 0 Å². The number of hydrogen-bond donors (Lipinski definition) is 0. The number of nitrogens with zero attached hydrogens (tertiary/aromatic N) is 4. The van der Waals surface area contributed by atoms with Gasteiger partial charge in [-0.25, -0.2) is 4.68 Å². The second-order valence-corrected chi connectivity index (χ2v) is 10.8. The van der Waals surface area contributed by atoms with Crippen molar-refractivity contribution in [1.29, 1.82) is 0 Å². The van der Waals surface area contributed by atoms with Crippen LogP contribution in [-0.2, 0) is 13.5 Å². The number of benzene rings is 3. The van der Waals surface area contributed by atoms with Crippen LogP contribution in [0.3, 0.4) is 0 Å². The van der Waals surface area contributed by atoms with Crippen molar-refractivity contribution in [1.82, 2.24) is 20.2 Å². The van der Waals surface area contributed by atoms with Crippen molar-refractivity contribution in [3.8, 4) is 0 Å². The van der Waals surface area contributed by atoms with E-state index in [1.807, 2.05) is 7.05 Å². The van der Waals surface area contributed by atoms with Crippen LogP contribution in [0.1, 0.15) is 18.7 Å². The largest absolute Gasteiger partial charge is 1.00 e. The van der Waals surface area contributed by atoms with E-state index >= 15 is 0 Å². The van der Waals surface area contributed by atoms with Crippen molar-refractivity contribution in [2.45, 2.75) is 19.3 Å². The summed E-state index contributed by atoms with van der Waals surface area (Å²) in [6.07, 6.45) is 4.24. The Morgan fingerprint density at radius 2 is 1.17 bits per heavy atom. The average molecular weight is 481 g/mol. The van der Waals surface area contributed by atoms with E-state index in [0.717, 1.165) is 31.2 Å². The summed E-state index contributed by atoms with van der Waals surface area (Å²) < 4.78 is 1.77. The molecule has 0 N–H and O–H groups in total. The predicted molar refractivity (Wildman–Crippen MR) is 122 cm³/mol. The molecule has 0 aliphatic carbocycles. The number of aromatic nitrogens is 4. The van der Waals surface area contributed by atoms with Crippen LogP contribution < -0.4 is 32.9 Å². The lowest BCUT2D eigenvalue weighted by Gasteiger charge is -2.27. The van der Waals surface area contributed by atoms with Gasteiger partial charge in [-0.1, -0.05) is 54.6 Å². The molecule has 0 unspecified atom stereocenters. The second-order valence-electron chi connectivity index (χ2n) is 7.22. The summed E-state index contributed by atoms with van der Waals surface area (Å²) in [5.74, 6) is 0.952. The maximum atomic E-state index is 4.14. The Bertz CT molecular complexity index is 926. The number of aryl methyl sites for hydroxylation is 2. The highest BCUT2D eigenvalue weighted by Crippen LogP contribution is 2.55. The molecule has 0 radical (unpaired) electrons. The van der Waals surface area contributed by atoms with Gasteiger partial charge in [0.15, 0.2) is 5.82 Å². The molecule has 30 heavy (non-hydrogen) atoms. The van der Waals surface area contributed by atoms with Crippen molar-refractivity contribution >= 4 is 23.2 Å². The highest BCUT2D eigenvalue weighted by Gasteiger charge is 2.44. The van der Waals surface area contributed by atoms with Crippen LogP contribution in [0.4, 0.5) is 0 Å². The molecule has 0 saturated heterocycles. The summed E-state index contributed by atoms with van der Waals surface area (Å²) in [7, 11) is 0.177. The van der Waals surface area contributed by atoms with Crippen LogP contribution in [0.15, 0.2) is 91.0 Å². The Labute approximate surface area is 189 Å². The summed E-state index contributed by atoms with van der Waals surface area (Å²) in [5.41, 5.74) is 0. The molecule has 0 aliphatic rings.